The molecule has 0 N–H and O–H groups in total. The molecule has 0 fully saturated rings. The first-order valence-electron chi connectivity index (χ1n) is 6.84. The number of esters is 1. The van der Waals surface area contributed by atoms with Crippen LogP contribution in [-0.2, 0) is 9.53 Å². The lowest BCUT2D eigenvalue weighted by atomic mass is 10.0. The molecule has 0 bridgehead atoms. The smallest absolute Gasteiger partial charge is 0.338 e. The van der Waals surface area contributed by atoms with Gasteiger partial charge in [0.05, 0.1) is 12.2 Å². The number of hydrogen-bond acceptors (Lipinski definition) is 2. The van der Waals surface area contributed by atoms with Gasteiger partial charge in [-0.05, 0) is 38.8 Å². The first-order valence-corrected chi connectivity index (χ1v) is 6.84. The molecule has 0 aromatic heterocycles. The Kier molecular flexibility index (Phi) is 6.51. The molecule has 0 heterocycles. The number of rotatable bonds is 5. The average molecular weight is 270 g/mol. The maximum atomic E-state index is 11.8. The van der Waals surface area contributed by atoms with E-state index in [0.717, 1.165) is 16.7 Å². The fourth-order valence-corrected chi connectivity index (χ4v) is 1.99. The normalized spacial score (nSPS) is 13.3. The summed E-state index contributed by atoms with van der Waals surface area (Å²) in [6.45, 7) is 8.00. The van der Waals surface area contributed by atoms with Gasteiger partial charge in [-0.15, -0.1) is 0 Å². The lowest BCUT2D eigenvalue weighted by molar-refractivity contribution is -0.138. The molecule has 0 radical (unpaired) electrons. The highest BCUT2D eigenvalue weighted by Crippen LogP contribution is 2.16. The molecule has 1 rings (SSSR count). The van der Waals surface area contributed by atoms with Crippen LogP contribution in [0, 0.1) is 0 Å². The molecule has 0 unspecified atom stereocenters. The standard InChI is InChI=1S/C18H22O2/c1-5-17(18(19)20-6-2)15(4)12-14(3)13-16-10-8-7-9-11-16/h5,7-13H,6H2,1-4H3/b14-13+,15-12-,17-5-. The number of ether oxygens (including phenoxy) is 1. The third-order valence-electron chi connectivity index (χ3n) is 2.85. The lowest BCUT2D eigenvalue weighted by Gasteiger charge is -2.07. The summed E-state index contributed by atoms with van der Waals surface area (Å²) >= 11 is 0. The van der Waals surface area contributed by atoms with E-state index in [4.69, 9.17) is 4.74 Å². The molecular formula is C18H22O2. The van der Waals surface area contributed by atoms with Crippen LogP contribution in [-0.4, -0.2) is 12.6 Å². The van der Waals surface area contributed by atoms with Gasteiger partial charge in [-0.3, -0.25) is 0 Å². The van der Waals surface area contributed by atoms with Gasteiger partial charge in [-0.25, -0.2) is 4.79 Å². The van der Waals surface area contributed by atoms with E-state index in [1.165, 1.54) is 0 Å². The van der Waals surface area contributed by atoms with Gasteiger partial charge < -0.3 is 4.74 Å². The topological polar surface area (TPSA) is 26.3 Å². The summed E-state index contributed by atoms with van der Waals surface area (Å²) in [7, 11) is 0. The van der Waals surface area contributed by atoms with Crippen LogP contribution in [0.4, 0.5) is 0 Å². The molecule has 1 aromatic carbocycles. The average Bonchev–Trinajstić information content (AvgIpc) is 2.40. The number of allylic oxidation sites excluding steroid dienone is 3. The van der Waals surface area contributed by atoms with E-state index in [2.05, 4.69) is 18.2 Å². The number of benzene rings is 1. The minimum absolute atomic E-state index is 0.267. The molecule has 2 nitrogen and oxygen atoms in total. The maximum Gasteiger partial charge on any atom is 0.338 e. The van der Waals surface area contributed by atoms with E-state index >= 15 is 0 Å². The molecule has 0 aliphatic carbocycles. The molecule has 0 aliphatic rings. The van der Waals surface area contributed by atoms with E-state index in [1.54, 1.807) is 6.08 Å². The largest absolute Gasteiger partial charge is 0.462 e. The highest BCUT2D eigenvalue weighted by Gasteiger charge is 2.10. The second kappa shape index (κ2) is 8.16. The minimum atomic E-state index is -0.267. The molecule has 0 atom stereocenters. The summed E-state index contributed by atoms with van der Waals surface area (Å²) in [6, 6.07) is 10.1. The Bertz CT molecular complexity index is 534. The second-order valence-corrected chi connectivity index (χ2v) is 4.55. The number of hydrogen-bond donors (Lipinski definition) is 0. The van der Waals surface area contributed by atoms with Crippen molar-refractivity contribution in [2.75, 3.05) is 6.61 Å². The van der Waals surface area contributed by atoms with Crippen molar-refractivity contribution >= 4 is 12.0 Å². The second-order valence-electron chi connectivity index (χ2n) is 4.55. The van der Waals surface area contributed by atoms with Crippen molar-refractivity contribution in [2.24, 2.45) is 0 Å². The van der Waals surface area contributed by atoms with Crippen LogP contribution >= 0.6 is 0 Å². The summed E-state index contributed by atoms with van der Waals surface area (Å²) in [4.78, 5) is 11.8. The van der Waals surface area contributed by atoms with Gasteiger partial charge in [0.1, 0.15) is 0 Å². The molecule has 2 heteroatoms. The minimum Gasteiger partial charge on any atom is -0.462 e. The number of carbonyl (C=O) groups is 1. The summed E-state index contributed by atoms with van der Waals surface area (Å²) < 4.78 is 5.05. The molecule has 0 saturated carbocycles. The van der Waals surface area contributed by atoms with Crippen LogP contribution in [0.25, 0.3) is 6.08 Å². The van der Waals surface area contributed by atoms with Crippen molar-refractivity contribution in [2.45, 2.75) is 27.7 Å². The Morgan fingerprint density at radius 2 is 1.85 bits per heavy atom. The summed E-state index contributed by atoms with van der Waals surface area (Å²) in [5.41, 5.74) is 3.77. The van der Waals surface area contributed by atoms with E-state index in [0.29, 0.717) is 12.2 Å². The summed E-state index contributed by atoms with van der Waals surface area (Å²) in [5.74, 6) is -0.267. The van der Waals surface area contributed by atoms with E-state index < -0.39 is 0 Å². The van der Waals surface area contributed by atoms with Gasteiger partial charge in [-0.2, -0.15) is 0 Å². The molecule has 0 saturated heterocycles. The van der Waals surface area contributed by atoms with Crippen molar-refractivity contribution < 1.29 is 9.53 Å². The van der Waals surface area contributed by atoms with Crippen molar-refractivity contribution in [3.63, 3.8) is 0 Å². The lowest BCUT2D eigenvalue weighted by Crippen LogP contribution is -2.08. The summed E-state index contributed by atoms with van der Waals surface area (Å²) in [6.07, 6.45) is 5.88. The first-order chi connectivity index (χ1) is 9.58. The molecule has 20 heavy (non-hydrogen) atoms. The van der Waals surface area contributed by atoms with Crippen molar-refractivity contribution in [1.29, 1.82) is 0 Å². The van der Waals surface area contributed by atoms with Gasteiger partial charge >= 0.3 is 5.97 Å². The molecule has 0 spiro atoms. The fraction of sp³-hybridized carbons (Fsp3) is 0.278. The highest BCUT2D eigenvalue weighted by molar-refractivity contribution is 5.93. The third kappa shape index (κ3) is 4.88. The van der Waals surface area contributed by atoms with Crippen LogP contribution in [0.3, 0.4) is 0 Å². The van der Waals surface area contributed by atoms with Gasteiger partial charge in [0.15, 0.2) is 0 Å². The molecule has 1 aromatic rings. The molecule has 106 valence electrons. The van der Waals surface area contributed by atoms with Crippen LogP contribution in [0.5, 0.6) is 0 Å². The van der Waals surface area contributed by atoms with Crippen LogP contribution < -0.4 is 0 Å². The predicted octanol–water partition coefficient (Wildman–Crippen LogP) is 4.55. The van der Waals surface area contributed by atoms with E-state index in [1.807, 2.05) is 52.0 Å². The third-order valence-corrected chi connectivity index (χ3v) is 2.85. The van der Waals surface area contributed by atoms with Gasteiger partial charge in [0, 0.05) is 0 Å². The van der Waals surface area contributed by atoms with Gasteiger partial charge in [-0.1, -0.05) is 54.1 Å². The maximum absolute atomic E-state index is 11.8. The van der Waals surface area contributed by atoms with Crippen LogP contribution in [0.2, 0.25) is 0 Å². The zero-order valence-corrected chi connectivity index (χ0v) is 12.6. The Morgan fingerprint density at radius 1 is 1.20 bits per heavy atom. The highest BCUT2D eigenvalue weighted by atomic mass is 16.5. The summed E-state index contributed by atoms with van der Waals surface area (Å²) in [5, 5.41) is 0. The van der Waals surface area contributed by atoms with Gasteiger partial charge in [0.2, 0.25) is 0 Å². The van der Waals surface area contributed by atoms with Crippen molar-refractivity contribution in [3.05, 3.63) is 64.8 Å². The van der Waals surface area contributed by atoms with E-state index in [9.17, 15) is 4.79 Å². The quantitative estimate of drug-likeness (QED) is 0.446. The number of carbonyl (C=O) groups excluding carboxylic acids is 1. The van der Waals surface area contributed by atoms with E-state index in [-0.39, 0.29) is 5.97 Å². The Balaban J connectivity index is 2.92. The Morgan fingerprint density at radius 3 is 2.40 bits per heavy atom. The fourth-order valence-electron chi connectivity index (χ4n) is 1.99. The van der Waals surface area contributed by atoms with Crippen LogP contribution in [0.1, 0.15) is 33.3 Å². The SMILES string of the molecule is C/C=C(C(=O)OCC)/C(C)=C\C(C)=C\c1ccccc1. The first kappa shape index (κ1) is 16.0. The molecule has 0 aliphatic heterocycles. The Hall–Kier alpha value is -2.09. The zero-order chi connectivity index (χ0) is 15.0. The molecule has 0 amide bonds. The zero-order valence-electron chi connectivity index (χ0n) is 12.6. The van der Waals surface area contributed by atoms with Gasteiger partial charge in [0.25, 0.3) is 0 Å². The predicted molar refractivity (Wildman–Crippen MR) is 84.2 cm³/mol. The van der Waals surface area contributed by atoms with Crippen molar-refractivity contribution in [3.8, 4) is 0 Å². The van der Waals surface area contributed by atoms with Crippen LogP contribution in [0.15, 0.2) is 59.2 Å². The Labute approximate surface area is 121 Å². The molecular weight excluding hydrogens is 248 g/mol. The monoisotopic (exact) mass is 270 g/mol. The van der Waals surface area contributed by atoms with Crippen molar-refractivity contribution in [1.82, 2.24) is 0 Å².